The predicted octanol–water partition coefficient (Wildman–Crippen LogP) is 3.36. The molecule has 1 N–H and O–H groups in total. The van der Waals surface area contributed by atoms with Gasteiger partial charge < -0.3 is 5.32 Å². The quantitative estimate of drug-likeness (QED) is 0.765. The third-order valence-corrected chi connectivity index (χ3v) is 3.46. The van der Waals surface area contributed by atoms with Crippen LogP contribution in [0.5, 0.6) is 0 Å². The summed E-state index contributed by atoms with van der Waals surface area (Å²) >= 11 is 5.76. The number of amides is 1. The molecule has 0 atom stereocenters. The van der Waals surface area contributed by atoms with E-state index in [1.165, 1.54) is 6.92 Å². The van der Waals surface area contributed by atoms with Gasteiger partial charge in [-0.3, -0.25) is 4.79 Å². The number of nitrogens with zero attached hydrogens (tertiary/aromatic N) is 4. The third-order valence-electron chi connectivity index (χ3n) is 3.21. The third kappa shape index (κ3) is 3.02. The summed E-state index contributed by atoms with van der Waals surface area (Å²) in [4.78, 5) is 19.4. The minimum atomic E-state index is -4.69. The first kappa shape index (κ1) is 16.2. The van der Waals surface area contributed by atoms with E-state index in [0.717, 1.165) is 10.7 Å². The van der Waals surface area contributed by atoms with E-state index in [1.54, 1.807) is 24.3 Å². The number of aryl methyl sites for hydroxylation is 1. The lowest BCUT2D eigenvalue weighted by molar-refractivity contribution is -0.144. The SMILES string of the molecule is Cc1c(C(=O)Nc2ccc(Cl)cc2)cnc2nc(C(F)(F)F)nn12. The molecule has 0 saturated carbocycles. The first-order valence-electron chi connectivity index (χ1n) is 6.62. The number of carbonyl (C=O) groups is 1. The lowest BCUT2D eigenvalue weighted by Crippen LogP contribution is -2.16. The fraction of sp³-hybridized carbons (Fsp3) is 0.143. The Hall–Kier alpha value is -2.68. The van der Waals surface area contributed by atoms with Gasteiger partial charge in [0.25, 0.3) is 17.5 Å². The summed E-state index contributed by atoms with van der Waals surface area (Å²) in [6, 6.07) is 6.38. The molecule has 2 aromatic heterocycles. The van der Waals surface area contributed by atoms with Crippen LogP contribution in [-0.4, -0.2) is 25.5 Å². The van der Waals surface area contributed by atoms with Crippen LogP contribution in [0.3, 0.4) is 0 Å². The normalized spacial score (nSPS) is 11.7. The summed E-state index contributed by atoms with van der Waals surface area (Å²) in [6.07, 6.45) is -3.53. The molecule has 0 radical (unpaired) electrons. The van der Waals surface area contributed by atoms with E-state index < -0.39 is 17.9 Å². The molecule has 0 fully saturated rings. The van der Waals surface area contributed by atoms with Crippen LogP contribution < -0.4 is 5.32 Å². The van der Waals surface area contributed by atoms with Crippen LogP contribution in [0.25, 0.3) is 5.78 Å². The summed E-state index contributed by atoms with van der Waals surface area (Å²) < 4.78 is 38.9. The summed E-state index contributed by atoms with van der Waals surface area (Å²) in [5.41, 5.74) is 0.754. The number of anilines is 1. The molecule has 124 valence electrons. The van der Waals surface area contributed by atoms with Crippen LogP contribution in [0.4, 0.5) is 18.9 Å². The summed E-state index contributed by atoms with van der Waals surface area (Å²) in [7, 11) is 0. The number of fused-ring (bicyclic) bond motifs is 1. The van der Waals surface area contributed by atoms with E-state index in [2.05, 4.69) is 20.4 Å². The van der Waals surface area contributed by atoms with Crippen molar-refractivity contribution in [1.29, 1.82) is 0 Å². The summed E-state index contributed by atoms with van der Waals surface area (Å²) in [5.74, 6) is -2.08. The molecule has 0 aliphatic rings. The van der Waals surface area contributed by atoms with Gasteiger partial charge in [0, 0.05) is 16.9 Å². The van der Waals surface area contributed by atoms with Crippen LogP contribution in [0.2, 0.25) is 5.02 Å². The van der Waals surface area contributed by atoms with Crippen molar-refractivity contribution >= 4 is 29.0 Å². The number of benzene rings is 1. The molecule has 24 heavy (non-hydrogen) atoms. The lowest BCUT2D eigenvalue weighted by Gasteiger charge is -2.08. The Labute approximate surface area is 138 Å². The Morgan fingerprint density at radius 3 is 2.54 bits per heavy atom. The van der Waals surface area contributed by atoms with Gasteiger partial charge >= 0.3 is 6.18 Å². The molecule has 10 heteroatoms. The molecule has 0 aliphatic carbocycles. The van der Waals surface area contributed by atoms with Gasteiger partial charge in [0.2, 0.25) is 0 Å². The second-order valence-electron chi connectivity index (χ2n) is 4.86. The number of rotatable bonds is 2. The minimum Gasteiger partial charge on any atom is -0.322 e. The van der Waals surface area contributed by atoms with Crippen molar-refractivity contribution in [3.8, 4) is 0 Å². The predicted molar refractivity (Wildman–Crippen MR) is 79.9 cm³/mol. The Kier molecular flexibility index (Phi) is 3.88. The molecule has 0 bridgehead atoms. The fourth-order valence-corrected chi connectivity index (χ4v) is 2.14. The molecule has 0 spiro atoms. The highest BCUT2D eigenvalue weighted by molar-refractivity contribution is 6.30. The van der Waals surface area contributed by atoms with Crippen LogP contribution >= 0.6 is 11.6 Å². The largest absolute Gasteiger partial charge is 0.453 e. The topological polar surface area (TPSA) is 72.2 Å². The monoisotopic (exact) mass is 355 g/mol. The van der Waals surface area contributed by atoms with E-state index in [9.17, 15) is 18.0 Å². The van der Waals surface area contributed by atoms with Gasteiger partial charge in [-0.1, -0.05) is 11.6 Å². The second-order valence-corrected chi connectivity index (χ2v) is 5.30. The minimum absolute atomic E-state index is 0.0797. The maximum atomic E-state index is 12.7. The molecule has 3 aromatic rings. The van der Waals surface area contributed by atoms with Crippen molar-refractivity contribution in [3.05, 3.63) is 52.6 Å². The Balaban J connectivity index is 1.95. The van der Waals surface area contributed by atoms with Crippen LogP contribution in [-0.2, 0) is 6.18 Å². The summed E-state index contributed by atoms with van der Waals surface area (Å²) in [5, 5.41) is 6.48. The van der Waals surface area contributed by atoms with Gasteiger partial charge in [-0.25, -0.2) is 9.50 Å². The van der Waals surface area contributed by atoms with Crippen molar-refractivity contribution < 1.29 is 18.0 Å². The van der Waals surface area contributed by atoms with E-state index in [0.29, 0.717) is 10.7 Å². The summed E-state index contributed by atoms with van der Waals surface area (Å²) in [6.45, 7) is 1.46. The van der Waals surface area contributed by atoms with Crippen molar-refractivity contribution in [1.82, 2.24) is 19.6 Å². The maximum absolute atomic E-state index is 12.7. The first-order chi connectivity index (χ1) is 11.3. The van der Waals surface area contributed by atoms with Gasteiger partial charge in [-0.05, 0) is 31.2 Å². The van der Waals surface area contributed by atoms with Gasteiger partial charge in [0.05, 0.1) is 11.3 Å². The van der Waals surface area contributed by atoms with Crippen LogP contribution in [0, 0.1) is 6.92 Å². The Morgan fingerprint density at radius 1 is 1.25 bits per heavy atom. The van der Waals surface area contributed by atoms with Crippen molar-refractivity contribution in [2.24, 2.45) is 0 Å². The molecule has 0 saturated heterocycles. The van der Waals surface area contributed by atoms with Crippen molar-refractivity contribution in [3.63, 3.8) is 0 Å². The highest BCUT2D eigenvalue weighted by Crippen LogP contribution is 2.26. The number of halogens is 4. The average Bonchev–Trinajstić information content (AvgIpc) is 2.95. The van der Waals surface area contributed by atoms with Gasteiger partial charge in [0.1, 0.15) is 0 Å². The average molecular weight is 356 g/mol. The zero-order chi connectivity index (χ0) is 17.5. The molecule has 0 aliphatic heterocycles. The van der Waals surface area contributed by atoms with E-state index in [-0.39, 0.29) is 17.0 Å². The maximum Gasteiger partial charge on any atom is 0.453 e. The van der Waals surface area contributed by atoms with Crippen LogP contribution in [0.1, 0.15) is 21.9 Å². The Bertz CT molecular complexity index is 921. The number of alkyl halides is 3. The zero-order valence-electron chi connectivity index (χ0n) is 12.1. The van der Waals surface area contributed by atoms with Crippen molar-refractivity contribution in [2.45, 2.75) is 13.1 Å². The molecule has 1 aromatic carbocycles. The number of aromatic nitrogens is 4. The molecule has 3 rings (SSSR count). The first-order valence-corrected chi connectivity index (χ1v) is 7.00. The molecule has 6 nitrogen and oxygen atoms in total. The van der Waals surface area contributed by atoms with E-state index >= 15 is 0 Å². The smallest absolute Gasteiger partial charge is 0.322 e. The zero-order valence-corrected chi connectivity index (χ0v) is 12.9. The Morgan fingerprint density at radius 2 is 1.92 bits per heavy atom. The second kappa shape index (κ2) is 5.75. The highest BCUT2D eigenvalue weighted by Gasteiger charge is 2.36. The van der Waals surface area contributed by atoms with Crippen molar-refractivity contribution in [2.75, 3.05) is 5.32 Å². The number of hydrogen-bond donors (Lipinski definition) is 1. The molecule has 2 heterocycles. The highest BCUT2D eigenvalue weighted by atomic mass is 35.5. The molecular weight excluding hydrogens is 347 g/mol. The molecule has 1 amide bonds. The molecular formula is C14H9ClF3N5O. The van der Waals surface area contributed by atoms with Gasteiger partial charge in [-0.15, -0.1) is 5.10 Å². The van der Waals surface area contributed by atoms with Crippen LogP contribution in [0.15, 0.2) is 30.5 Å². The van der Waals surface area contributed by atoms with E-state index in [4.69, 9.17) is 11.6 Å². The molecule has 0 unspecified atom stereocenters. The number of nitrogens with one attached hydrogen (secondary N) is 1. The van der Waals surface area contributed by atoms with Gasteiger partial charge in [-0.2, -0.15) is 18.2 Å². The fourth-order valence-electron chi connectivity index (χ4n) is 2.02. The lowest BCUT2D eigenvalue weighted by atomic mass is 10.2. The van der Waals surface area contributed by atoms with E-state index in [1.807, 2.05) is 0 Å². The standard InChI is InChI=1S/C14H9ClF3N5O/c1-7-10(11(24)20-9-4-2-8(15)3-5-9)6-19-13-21-12(14(16,17)18)22-23(7)13/h2-6H,1H3,(H,20,24). The number of carbonyl (C=O) groups excluding carboxylic acids is 1. The van der Waals surface area contributed by atoms with Gasteiger partial charge in [0.15, 0.2) is 0 Å². The number of hydrogen-bond acceptors (Lipinski definition) is 4.